The average Bonchev–Trinajstić information content (AvgIpc) is 2.53. The summed E-state index contributed by atoms with van der Waals surface area (Å²) in [5.74, 6) is 0.143. The molecule has 0 saturated carbocycles. The first-order chi connectivity index (χ1) is 10.5. The fourth-order valence-corrected chi connectivity index (χ4v) is 2.37. The van der Waals surface area contributed by atoms with Crippen LogP contribution in [0.3, 0.4) is 0 Å². The molecule has 2 aromatic rings. The molecule has 2 rings (SSSR count). The summed E-state index contributed by atoms with van der Waals surface area (Å²) < 4.78 is 19.3. The normalized spacial score (nSPS) is 11.1. The van der Waals surface area contributed by atoms with Crippen molar-refractivity contribution in [2.24, 2.45) is 0 Å². The zero-order chi connectivity index (χ0) is 16.2. The monoisotopic (exact) mass is 299 g/mol. The molecule has 2 nitrogen and oxygen atoms in total. The summed E-state index contributed by atoms with van der Waals surface area (Å²) >= 11 is 0. The minimum absolute atomic E-state index is 0.0946. The van der Waals surface area contributed by atoms with Gasteiger partial charge in [-0.05, 0) is 17.7 Å². The fourth-order valence-electron chi connectivity index (χ4n) is 2.37. The summed E-state index contributed by atoms with van der Waals surface area (Å²) in [7, 11) is 1.53. The zero-order valence-corrected chi connectivity index (χ0v) is 13.3. The van der Waals surface area contributed by atoms with Crippen LogP contribution < -0.4 is 10.1 Å². The van der Waals surface area contributed by atoms with E-state index in [2.05, 4.69) is 37.9 Å². The minimum Gasteiger partial charge on any atom is -0.496 e. The highest BCUT2D eigenvalue weighted by Gasteiger charge is 2.21. The predicted octanol–water partition coefficient (Wildman–Crippen LogP) is 4.37. The SMILES string of the molecule is C=C(NCC(C)(C)c1ccccc1)c1c(F)cccc1OC. The summed E-state index contributed by atoms with van der Waals surface area (Å²) in [6.45, 7) is 8.89. The molecule has 116 valence electrons. The van der Waals surface area contributed by atoms with Crippen LogP contribution in [0.4, 0.5) is 4.39 Å². The van der Waals surface area contributed by atoms with Crippen LogP contribution in [0.2, 0.25) is 0 Å². The molecule has 0 aromatic heterocycles. The quantitative estimate of drug-likeness (QED) is 0.855. The second-order valence-electron chi connectivity index (χ2n) is 5.90. The molecule has 0 unspecified atom stereocenters. The van der Waals surface area contributed by atoms with Crippen molar-refractivity contribution < 1.29 is 9.13 Å². The Morgan fingerprint density at radius 2 is 1.82 bits per heavy atom. The van der Waals surface area contributed by atoms with Gasteiger partial charge in [0.2, 0.25) is 0 Å². The van der Waals surface area contributed by atoms with Gasteiger partial charge in [0.1, 0.15) is 11.6 Å². The van der Waals surface area contributed by atoms with E-state index in [1.807, 2.05) is 18.2 Å². The summed E-state index contributed by atoms with van der Waals surface area (Å²) in [6.07, 6.45) is 0. The largest absolute Gasteiger partial charge is 0.496 e. The number of hydrogen-bond donors (Lipinski definition) is 1. The lowest BCUT2D eigenvalue weighted by Gasteiger charge is -2.27. The molecule has 0 bridgehead atoms. The van der Waals surface area contributed by atoms with Crippen molar-refractivity contribution in [3.63, 3.8) is 0 Å². The molecular formula is C19H22FNO. The highest BCUT2D eigenvalue weighted by Crippen LogP contribution is 2.28. The number of nitrogens with one attached hydrogen (secondary N) is 1. The maximum absolute atomic E-state index is 14.0. The van der Waals surface area contributed by atoms with E-state index in [0.29, 0.717) is 23.6 Å². The van der Waals surface area contributed by atoms with Gasteiger partial charge in [-0.15, -0.1) is 0 Å². The summed E-state index contributed by atoms with van der Waals surface area (Å²) in [5, 5.41) is 3.24. The number of methoxy groups -OCH3 is 1. The van der Waals surface area contributed by atoms with Gasteiger partial charge in [0.25, 0.3) is 0 Å². The standard InChI is InChI=1S/C19H22FNO/c1-14(18-16(20)11-8-12-17(18)22-4)21-13-19(2,3)15-9-6-5-7-10-15/h5-12,21H,1,13H2,2-4H3. The lowest BCUT2D eigenvalue weighted by molar-refractivity contribution is 0.408. The first kappa shape index (κ1) is 16.1. The van der Waals surface area contributed by atoms with Crippen molar-refractivity contribution in [1.29, 1.82) is 0 Å². The van der Waals surface area contributed by atoms with E-state index in [4.69, 9.17) is 4.74 Å². The molecule has 3 heteroatoms. The van der Waals surface area contributed by atoms with Gasteiger partial charge in [-0.25, -0.2) is 4.39 Å². The molecule has 0 aliphatic heterocycles. The Bertz CT molecular complexity index is 650. The Morgan fingerprint density at radius 1 is 1.14 bits per heavy atom. The second kappa shape index (κ2) is 6.65. The minimum atomic E-state index is -0.339. The summed E-state index contributed by atoms with van der Waals surface area (Å²) in [6, 6.07) is 15.0. The Morgan fingerprint density at radius 3 is 2.45 bits per heavy atom. The van der Waals surface area contributed by atoms with Gasteiger partial charge in [0.05, 0.1) is 12.7 Å². The summed E-state index contributed by atoms with van der Waals surface area (Å²) in [5.41, 5.74) is 2.03. The lowest BCUT2D eigenvalue weighted by Crippen LogP contribution is -2.32. The van der Waals surface area contributed by atoms with Gasteiger partial charge in [-0.1, -0.05) is 56.8 Å². The maximum Gasteiger partial charge on any atom is 0.136 e. The van der Waals surface area contributed by atoms with Crippen LogP contribution in [0.1, 0.15) is 25.0 Å². The third-order valence-corrected chi connectivity index (χ3v) is 3.80. The van der Waals surface area contributed by atoms with E-state index in [1.54, 1.807) is 12.1 Å². The first-order valence-corrected chi connectivity index (χ1v) is 7.27. The van der Waals surface area contributed by atoms with E-state index in [-0.39, 0.29) is 11.2 Å². The van der Waals surface area contributed by atoms with Crippen LogP contribution in [0, 0.1) is 5.82 Å². The van der Waals surface area contributed by atoms with Crippen LogP contribution in [-0.4, -0.2) is 13.7 Å². The molecule has 0 aliphatic rings. The molecule has 0 aliphatic carbocycles. The molecule has 0 amide bonds. The molecule has 0 saturated heterocycles. The second-order valence-corrected chi connectivity index (χ2v) is 5.90. The maximum atomic E-state index is 14.0. The third kappa shape index (κ3) is 3.48. The van der Waals surface area contributed by atoms with Gasteiger partial charge in [-0.3, -0.25) is 0 Å². The average molecular weight is 299 g/mol. The van der Waals surface area contributed by atoms with E-state index in [0.717, 1.165) is 0 Å². The van der Waals surface area contributed by atoms with E-state index in [9.17, 15) is 4.39 Å². The Balaban J connectivity index is 2.14. The topological polar surface area (TPSA) is 21.3 Å². The molecule has 0 radical (unpaired) electrons. The van der Waals surface area contributed by atoms with Crippen molar-refractivity contribution >= 4 is 5.70 Å². The van der Waals surface area contributed by atoms with Gasteiger partial charge >= 0.3 is 0 Å². The molecule has 1 N–H and O–H groups in total. The number of ether oxygens (including phenoxy) is 1. The molecular weight excluding hydrogens is 277 g/mol. The van der Waals surface area contributed by atoms with Crippen LogP contribution in [0.5, 0.6) is 5.75 Å². The van der Waals surface area contributed by atoms with Crippen LogP contribution in [0.15, 0.2) is 55.1 Å². The molecule has 22 heavy (non-hydrogen) atoms. The van der Waals surface area contributed by atoms with Crippen molar-refractivity contribution in [3.8, 4) is 5.75 Å². The Kier molecular flexibility index (Phi) is 4.86. The highest BCUT2D eigenvalue weighted by molar-refractivity contribution is 5.68. The van der Waals surface area contributed by atoms with E-state index in [1.165, 1.54) is 18.7 Å². The zero-order valence-electron chi connectivity index (χ0n) is 13.3. The first-order valence-electron chi connectivity index (χ1n) is 7.27. The van der Waals surface area contributed by atoms with Gasteiger partial charge in [-0.2, -0.15) is 0 Å². The Labute approximate surface area is 131 Å². The smallest absolute Gasteiger partial charge is 0.136 e. The predicted molar refractivity (Wildman–Crippen MR) is 89.5 cm³/mol. The molecule has 0 atom stereocenters. The molecule has 0 spiro atoms. The number of rotatable bonds is 6. The number of benzene rings is 2. The highest BCUT2D eigenvalue weighted by atomic mass is 19.1. The molecule has 0 heterocycles. The molecule has 0 fully saturated rings. The van der Waals surface area contributed by atoms with Gasteiger partial charge in [0, 0.05) is 17.7 Å². The van der Waals surface area contributed by atoms with Crippen LogP contribution in [-0.2, 0) is 5.41 Å². The summed E-state index contributed by atoms with van der Waals surface area (Å²) in [4.78, 5) is 0. The van der Waals surface area contributed by atoms with Crippen molar-refractivity contribution in [1.82, 2.24) is 5.32 Å². The Hall–Kier alpha value is -2.29. The number of halogens is 1. The van der Waals surface area contributed by atoms with Crippen molar-refractivity contribution in [2.45, 2.75) is 19.3 Å². The third-order valence-electron chi connectivity index (χ3n) is 3.80. The van der Waals surface area contributed by atoms with Crippen molar-refractivity contribution in [3.05, 3.63) is 72.1 Å². The van der Waals surface area contributed by atoms with Crippen molar-refractivity contribution in [2.75, 3.05) is 13.7 Å². The van der Waals surface area contributed by atoms with Gasteiger partial charge < -0.3 is 10.1 Å². The fraction of sp³-hybridized carbons (Fsp3) is 0.263. The van der Waals surface area contributed by atoms with Crippen LogP contribution >= 0.6 is 0 Å². The van der Waals surface area contributed by atoms with Gasteiger partial charge in [0.15, 0.2) is 0 Å². The number of hydrogen-bond acceptors (Lipinski definition) is 2. The van der Waals surface area contributed by atoms with E-state index < -0.39 is 0 Å². The molecule has 2 aromatic carbocycles. The lowest BCUT2D eigenvalue weighted by atomic mass is 9.84. The van der Waals surface area contributed by atoms with Crippen LogP contribution in [0.25, 0.3) is 5.70 Å². The van der Waals surface area contributed by atoms with E-state index >= 15 is 0 Å².